The fourth-order valence-corrected chi connectivity index (χ4v) is 4.13. The minimum atomic E-state index is -0.557. The first-order valence-electron chi connectivity index (χ1n) is 10.4. The molecule has 33 heavy (non-hydrogen) atoms. The van der Waals surface area contributed by atoms with Gasteiger partial charge in [0.05, 0.1) is 29.4 Å². The van der Waals surface area contributed by atoms with Crippen molar-refractivity contribution in [1.82, 2.24) is 24.7 Å². The number of hydrogen-bond acceptors (Lipinski definition) is 7. The van der Waals surface area contributed by atoms with E-state index in [0.717, 1.165) is 5.56 Å². The number of halogens is 2. The molecule has 4 heterocycles. The van der Waals surface area contributed by atoms with Gasteiger partial charge in [-0.15, -0.1) is 0 Å². The first-order valence-corrected chi connectivity index (χ1v) is 10.8. The lowest BCUT2D eigenvalue weighted by atomic mass is 10.1. The number of benzene rings is 1. The zero-order chi connectivity index (χ0) is 23.1. The van der Waals surface area contributed by atoms with Gasteiger partial charge in [-0.05, 0) is 31.2 Å². The summed E-state index contributed by atoms with van der Waals surface area (Å²) in [5.74, 6) is 0.580. The highest BCUT2D eigenvalue weighted by molar-refractivity contribution is 6.30. The lowest BCUT2D eigenvalue weighted by Gasteiger charge is -2.34. The molecular weight excluding hydrogens is 447 g/mol. The van der Waals surface area contributed by atoms with Gasteiger partial charge in [0.15, 0.2) is 0 Å². The summed E-state index contributed by atoms with van der Waals surface area (Å²) < 4.78 is 22.3. The van der Waals surface area contributed by atoms with E-state index in [0.29, 0.717) is 36.9 Å². The van der Waals surface area contributed by atoms with Crippen molar-refractivity contribution in [2.45, 2.75) is 13.0 Å². The van der Waals surface area contributed by atoms with Crippen molar-refractivity contribution in [3.8, 4) is 11.3 Å². The maximum absolute atomic E-state index is 14.9. The van der Waals surface area contributed by atoms with Crippen molar-refractivity contribution in [3.63, 3.8) is 0 Å². The minimum Gasteiger partial charge on any atom is -0.370 e. The largest absolute Gasteiger partial charge is 0.370 e. The van der Waals surface area contributed by atoms with Crippen LogP contribution < -0.4 is 10.5 Å². The highest BCUT2D eigenvalue weighted by Crippen LogP contribution is 2.32. The molecule has 3 aromatic heterocycles. The van der Waals surface area contributed by atoms with Crippen molar-refractivity contribution < 1.29 is 9.13 Å². The summed E-state index contributed by atoms with van der Waals surface area (Å²) in [4.78, 5) is 24.5. The zero-order valence-electron chi connectivity index (χ0n) is 18.0. The lowest BCUT2D eigenvalue weighted by molar-refractivity contribution is 0.0392. The number of aromatic nitrogens is 5. The number of nitrogens with zero attached hydrogens (tertiary/aromatic N) is 6. The first kappa shape index (κ1) is 21.4. The normalized spacial score (nSPS) is 16.4. The van der Waals surface area contributed by atoms with Crippen molar-refractivity contribution >= 4 is 28.3 Å². The van der Waals surface area contributed by atoms with Crippen LogP contribution in [-0.4, -0.2) is 44.4 Å². The van der Waals surface area contributed by atoms with Crippen LogP contribution in [0.15, 0.2) is 47.5 Å². The van der Waals surface area contributed by atoms with Crippen LogP contribution >= 0.6 is 11.6 Å². The third-order valence-corrected chi connectivity index (χ3v) is 6.06. The Morgan fingerprint density at radius 2 is 2.03 bits per heavy atom. The Kier molecular flexibility index (Phi) is 5.51. The number of rotatable bonds is 3. The first-order chi connectivity index (χ1) is 15.9. The fraction of sp³-hybridized carbons (Fsp3) is 0.261. The number of ether oxygens (including phenoxy) is 1. The third kappa shape index (κ3) is 3.94. The van der Waals surface area contributed by atoms with Gasteiger partial charge in [0.25, 0.3) is 5.56 Å². The zero-order valence-corrected chi connectivity index (χ0v) is 18.8. The highest BCUT2D eigenvalue weighted by atomic mass is 35.5. The molecule has 8 nitrogen and oxygen atoms in total. The maximum Gasteiger partial charge on any atom is 0.263 e. The Morgan fingerprint density at radius 3 is 2.79 bits per heavy atom. The van der Waals surface area contributed by atoms with E-state index in [-0.39, 0.29) is 33.3 Å². The van der Waals surface area contributed by atoms with Crippen LogP contribution in [0.3, 0.4) is 0 Å². The van der Waals surface area contributed by atoms with Gasteiger partial charge in [-0.2, -0.15) is 10.2 Å². The Bertz CT molecular complexity index is 1410. The van der Waals surface area contributed by atoms with E-state index in [1.807, 2.05) is 11.0 Å². The lowest BCUT2D eigenvalue weighted by Crippen LogP contribution is -2.39. The summed E-state index contributed by atoms with van der Waals surface area (Å²) in [6.45, 7) is 3.32. The van der Waals surface area contributed by atoms with Crippen LogP contribution in [0.5, 0.6) is 0 Å². The highest BCUT2D eigenvalue weighted by Gasteiger charge is 2.26. The quantitative estimate of drug-likeness (QED) is 0.457. The van der Waals surface area contributed by atoms with Crippen LogP contribution in [0.4, 0.5) is 10.2 Å². The average Bonchev–Trinajstić information content (AvgIpc) is 2.82. The van der Waals surface area contributed by atoms with Crippen LogP contribution in [0, 0.1) is 12.7 Å². The second-order valence-electron chi connectivity index (χ2n) is 7.85. The summed E-state index contributed by atoms with van der Waals surface area (Å²) >= 11 is 5.96. The molecule has 0 spiro atoms. The third-order valence-electron chi connectivity index (χ3n) is 5.83. The molecule has 0 saturated carbocycles. The molecule has 1 atom stereocenters. The Morgan fingerprint density at radius 1 is 1.18 bits per heavy atom. The molecule has 1 saturated heterocycles. The number of fused-ring (bicyclic) bond motifs is 1. The molecule has 0 amide bonds. The molecule has 0 bridgehead atoms. The second kappa shape index (κ2) is 8.49. The van der Waals surface area contributed by atoms with Gasteiger partial charge in [0.2, 0.25) is 0 Å². The van der Waals surface area contributed by atoms with Gasteiger partial charge < -0.3 is 9.64 Å². The Labute approximate surface area is 193 Å². The van der Waals surface area contributed by atoms with E-state index < -0.39 is 5.82 Å². The van der Waals surface area contributed by atoms with Gasteiger partial charge in [-0.1, -0.05) is 11.6 Å². The topological polar surface area (TPSA) is 86.0 Å². The molecule has 0 N–H and O–H groups in total. The monoisotopic (exact) mass is 466 g/mol. The summed E-state index contributed by atoms with van der Waals surface area (Å²) in [5.41, 5.74) is 1.50. The van der Waals surface area contributed by atoms with Gasteiger partial charge in [0, 0.05) is 48.5 Å². The molecule has 5 rings (SSSR count). The predicted octanol–water partition coefficient (Wildman–Crippen LogP) is 3.46. The SMILES string of the molecule is Cc1nc2cc(N3CCO[C@@H](c4ccnnc4)C3)nc(-c3ccc(Cl)cc3F)c2c(=O)n1C. The van der Waals surface area contributed by atoms with E-state index in [2.05, 4.69) is 15.2 Å². The van der Waals surface area contributed by atoms with Crippen LogP contribution in [0.25, 0.3) is 22.2 Å². The van der Waals surface area contributed by atoms with Crippen molar-refractivity contribution in [2.24, 2.45) is 7.05 Å². The van der Waals surface area contributed by atoms with Crippen LogP contribution in [-0.2, 0) is 11.8 Å². The molecular formula is C23H20ClFN6O2. The van der Waals surface area contributed by atoms with Crippen molar-refractivity contribution in [1.29, 1.82) is 0 Å². The Balaban J connectivity index is 1.67. The average molecular weight is 467 g/mol. The maximum atomic E-state index is 14.9. The molecule has 4 aromatic rings. The molecule has 168 valence electrons. The molecule has 0 aliphatic carbocycles. The standard InChI is InChI=1S/C23H20ClFN6O2/c1-13-28-18-10-20(31-7-8-33-19(12-31)14-5-6-26-27-11-14)29-22(21(18)23(32)30(13)2)16-4-3-15(24)9-17(16)25/h3-6,9-11,19H,7-8,12H2,1-2H3/t19-/m1/s1. The predicted molar refractivity (Wildman–Crippen MR) is 123 cm³/mol. The molecule has 10 heteroatoms. The molecule has 1 aliphatic heterocycles. The summed E-state index contributed by atoms with van der Waals surface area (Å²) in [6.07, 6.45) is 3.07. The van der Waals surface area contributed by atoms with Gasteiger partial charge in [-0.3, -0.25) is 9.36 Å². The summed E-state index contributed by atoms with van der Waals surface area (Å²) in [7, 11) is 1.63. The minimum absolute atomic E-state index is 0.192. The molecule has 1 fully saturated rings. The van der Waals surface area contributed by atoms with Crippen molar-refractivity contribution in [3.05, 3.63) is 75.3 Å². The van der Waals surface area contributed by atoms with Crippen molar-refractivity contribution in [2.75, 3.05) is 24.6 Å². The second-order valence-corrected chi connectivity index (χ2v) is 8.29. The van der Waals surface area contributed by atoms with E-state index in [4.69, 9.17) is 21.3 Å². The number of hydrogen-bond donors (Lipinski definition) is 0. The molecule has 0 radical (unpaired) electrons. The number of morpholine rings is 1. The van der Waals surface area contributed by atoms with Crippen LogP contribution in [0.2, 0.25) is 5.02 Å². The summed E-state index contributed by atoms with van der Waals surface area (Å²) in [6, 6.07) is 7.96. The molecule has 1 aliphatic rings. The number of pyridine rings is 1. The fourth-order valence-electron chi connectivity index (χ4n) is 3.97. The van der Waals surface area contributed by atoms with Gasteiger partial charge in [0.1, 0.15) is 23.6 Å². The number of aryl methyl sites for hydroxylation is 1. The smallest absolute Gasteiger partial charge is 0.263 e. The molecule has 1 aromatic carbocycles. The van der Waals surface area contributed by atoms with Gasteiger partial charge in [-0.25, -0.2) is 14.4 Å². The molecule has 0 unspecified atom stereocenters. The van der Waals surface area contributed by atoms with E-state index in [9.17, 15) is 9.18 Å². The van der Waals surface area contributed by atoms with E-state index in [1.54, 1.807) is 38.5 Å². The van der Waals surface area contributed by atoms with E-state index in [1.165, 1.54) is 16.7 Å². The van der Waals surface area contributed by atoms with Gasteiger partial charge >= 0.3 is 0 Å². The van der Waals surface area contributed by atoms with Crippen LogP contribution in [0.1, 0.15) is 17.5 Å². The Hall–Kier alpha value is -3.43. The van der Waals surface area contributed by atoms with E-state index >= 15 is 0 Å². The summed E-state index contributed by atoms with van der Waals surface area (Å²) in [5, 5.41) is 8.28. The number of anilines is 1.